The molecule has 31 heavy (non-hydrogen) atoms. The van der Waals surface area contributed by atoms with Crippen molar-refractivity contribution in [2.45, 2.75) is 32.9 Å². The summed E-state index contributed by atoms with van der Waals surface area (Å²) in [6.45, 7) is 4.62. The van der Waals surface area contributed by atoms with Crippen LogP contribution in [0.3, 0.4) is 0 Å². The molecule has 2 amide bonds. The Bertz CT molecular complexity index is 1050. The SMILES string of the molecule is CC(C)c1cc(NC(=O)OCc2ccccc2)cc(C(=O)Nc2cccc(CN)c2)c1. The van der Waals surface area contributed by atoms with E-state index in [0.29, 0.717) is 23.5 Å². The van der Waals surface area contributed by atoms with Crippen LogP contribution in [-0.4, -0.2) is 12.0 Å². The molecule has 3 aromatic rings. The zero-order valence-corrected chi connectivity index (χ0v) is 17.7. The van der Waals surface area contributed by atoms with Crippen LogP contribution >= 0.6 is 0 Å². The Hall–Kier alpha value is -3.64. The topological polar surface area (TPSA) is 93.4 Å². The Morgan fingerprint density at radius 3 is 2.32 bits per heavy atom. The van der Waals surface area contributed by atoms with Crippen LogP contribution in [0.4, 0.5) is 16.2 Å². The maximum absolute atomic E-state index is 12.9. The largest absolute Gasteiger partial charge is 0.444 e. The highest BCUT2D eigenvalue weighted by molar-refractivity contribution is 6.05. The smallest absolute Gasteiger partial charge is 0.411 e. The monoisotopic (exact) mass is 417 g/mol. The minimum Gasteiger partial charge on any atom is -0.444 e. The predicted molar refractivity (Wildman–Crippen MR) is 123 cm³/mol. The van der Waals surface area contributed by atoms with Crippen molar-refractivity contribution in [3.05, 3.63) is 95.1 Å². The lowest BCUT2D eigenvalue weighted by atomic mass is 9.99. The van der Waals surface area contributed by atoms with Crippen molar-refractivity contribution >= 4 is 23.4 Å². The number of ether oxygens (including phenoxy) is 1. The molecule has 0 bridgehead atoms. The van der Waals surface area contributed by atoms with Gasteiger partial charge in [0.1, 0.15) is 6.61 Å². The van der Waals surface area contributed by atoms with Crippen LogP contribution in [0.5, 0.6) is 0 Å². The number of amides is 2. The molecule has 0 aliphatic carbocycles. The average molecular weight is 418 g/mol. The number of rotatable bonds is 7. The van der Waals surface area contributed by atoms with Crippen molar-refractivity contribution in [2.24, 2.45) is 5.73 Å². The zero-order chi connectivity index (χ0) is 22.2. The highest BCUT2D eigenvalue weighted by atomic mass is 16.5. The number of hydrogen-bond acceptors (Lipinski definition) is 4. The summed E-state index contributed by atoms with van der Waals surface area (Å²) in [4.78, 5) is 25.1. The molecule has 0 aliphatic heterocycles. The number of carbonyl (C=O) groups is 2. The van der Waals surface area contributed by atoms with Gasteiger partial charge in [0.2, 0.25) is 0 Å². The first-order chi connectivity index (χ1) is 14.9. The van der Waals surface area contributed by atoms with Gasteiger partial charge in [0.25, 0.3) is 5.91 Å². The second kappa shape index (κ2) is 10.4. The first-order valence-corrected chi connectivity index (χ1v) is 10.2. The van der Waals surface area contributed by atoms with E-state index in [9.17, 15) is 9.59 Å². The van der Waals surface area contributed by atoms with Gasteiger partial charge < -0.3 is 15.8 Å². The standard InChI is InChI=1S/C25H27N3O3/c1-17(2)20-12-21(24(29)27-22-10-6-9-19(11-22)15-26)14-23(13-20)28-25(30)31-16-18-7-4-3-5-8-18/h3-14,17H,15-16,26H2,1-2H3,(H,27,29)(H,28,30). The molecule has 160 valence electrons. The number of anilines is 2. The van der Waals surface area contributed by atoms with Crippen LogP contribution in [0.25, 0.3) is 0 Å². The third kappa shape index (κ3) is 6.42. The fourth-order valence-electron chi connectivity index (χ4n) is 3.04. The predicted octanol–water partition coefficient (Wildman–Crippen LogP) is 5.27. The number of carbonyl (C=O) groups excluding carboxylic acids is 2. The molecule has 4 N–H and O–H groups in total. The Balaban J connectivity index is 1.73. The van der Waals surface area contributed by atoms with Gasteiger partial charge in [0.05, 0.1) is 0 Å². The average Bonchev–Trinajstić information content (AvgIpc) is 2.78. The molecule has 0 spiro atoms. The van der Waals surface area contributed by atoms with Crippen LogP contribution in [0.15, 0.2) is 72.8 Å². The van der Waals surface area contributed by atoms with Crippen molar-refractivity contribution in [1.82, 2.24) is 0 Å². The maximum atomic E-state index is 12.9. The van der Waals surface area contributed by atoms with Gasteiger partial charge in [-0.15, -0.1) is 0 Å². The third-order valence-corrected chi connectivity index (χ3v) is 4.76. The summed E-state index contributed by atoms with van der Waals surface area (Å²) in [5, 5.41) is 5.61. The van der Waals surface area contributed by atoms with Gasteiger partial charge in [-0.3, -0.25) is 10.1 Å². The van der Waals surface area contributed by atoms with Gasteiger partial charge >= 0.3 is 6.09 Å². The molecular formula is C25H27N3O3. The molecule has 0 fully saturated rings. The van der Waals surface area contributed by atoms with Gasteiger partial charge in [-0.1, -0.05) is 56.3 Å². The second-order valence-electron chi connectivity index (χ2n) is 7.54. The molecule has 6 heteroatoms. The van der Waals surface area contributed by atoms with E-state index in [2.05, 4.69) is 10.6 Å². The van der Waals surface area contributed by atoms with Crippen molar-refractivity contribution in [3.8, 4) is 0 Å². The van der Waals surface area contributed by atoms with Gasteiger partial charge in [-0.05, 0) is 52.9 Å². The minimum absolute atomic E-state index is 0.168. The molecule has 0 aliphatic rings. The lowest BCUT2D eigenvalue weighted by Gasteiger charge is -2.14. The summed E-state index contributed by atoms with van der Waals surface area (Å²) in [6.07, 6.45) is -0.577. The fourth-order valence-corrected chi connectivity index (χ4v) is 3.04. The summed E-state index contributed by atoms with van der Waals surface area (Å²) in [7, 11) is 0. The van der Waals surface area contributed by atoms with Crippen LogP contribution in [0.1, 0.15) is 46.8 Å². The van der Waals surface area contributed by atoms with Crippen molar-refractivity contribution in [3.63, 3.8) is 0 Å². The molecule has 0 radical (unpaired) electrons. The third-order valence-electron chi connectivity index (χ3n) is 4.76. The van der Waals surface area contributed by atoms with E-state index in [1.807, 2.05) is 80.6 Å². The Labute approximate surface area is 182 Å². The molecule has 0 saturated carbocycles. The molecule has 3 aromatic carbocycles. The molecule has 0 aromatic heterocycles. The van der Waals surface area contributed by atoms with Crippen molar-refractivity contribution in [1.29, 1.82) is 0 Å². The van der Waals surface area contributed by atoms with E-state index >= 15 is 0 Å². The lowest BCUT2D eigenvalue weighted by Crippen LogP contribution is -2.16. The number of nitrogens with one attached hydrogen (secondary N) is 2. The van der Waals surface area contributed by atoms with Crippen LogP contribution in [-0.2, 0) is 17.9 Å². The fraction of sp³-hybridized carbons (Fsp3) is 0.200. The zero-order valence-electron chi connectivity index (χ0n) is 17.7. The molecule has 0 atom stereocenters. The van der Waals surface area contributed by atoms with E-state index in [0.717, 1.165) is 16.7 Å². The van der Waals surface area contributed by atoms with Crippen LogP contribution in [0, 0.1) is 0 Å². The summed E-state index contributed by atoms with van der Waals surface area (Å²) in [6, 6.07) is 22.1. The number of hydrogen-bond donors (Lipinski definition) is 3. The van der Waals surface area contributed by atoms with E-state index in [-0.39, 0.29) is 18.4 Å². The Morgan fingerprint density at radius 2 is 1.61 bits per heavy atom. The first-order valence-electron chi connectivity index (χ1n) is 10.2. The molecule has 6 nitrogen and oxygen atoms in total. The van der Waals surface area contributed by atoms with Gasteiger partial charge in [-0.25, -0.2) is 4.79 Å². The minimum atomic E-state index is -0.577. The highest BCUT2D eigenvalue weighted by Gasteiger charge is 2.13. The van der Waals surface area contributed by atoms with Gasteiger partial charge in [0.15, 0.2) is 0 Å². The number of nitrogens with two attached hydrogens (primary N) is 1. The van der Waals surface area contributed by atoms with Crippen molar-refractivity contribution < 1.29 is 14.3 Å². The maximum Gasteiger partial charge on any atom is 0.411 e. The van der Waals surface area contributed by atoms with Gasteiger partial charge in [0, 0.05) is 23.5 Å². The Morgan fingerprint density at radius 1 is 0.871 bits per heavy atom. The van der Waals surface area contributed by atoms with E-state index in [4.69, 9.17) is 10.5 Å². The van der Waals surface area contributed by atoms with E-state index in [1.54, 1.807) is 6.07 Å². The molecule has 3 rings (SSSR count). The summed E-state index contributed by atoms with van der Waals surface area (Å²) < 4.78 is 5.29. The Kier molecular flexibility index (Phi) is 7.40. The van der Waals surface area contributed by atoms with E-state index in [1.165, 1.54) is 0 Å². The quantitative estimate of drug-likeness (QED) is 0.488. The van der Waals surface area contributed by atoms with Crippen LogP contribution in [0.2, 0.25) is 0 Å². The molecular weight excluding hydrogens is 390 g/mol. The molecule has 0 unspecified atom stereocenters. The highest BCUT2D eigenvalue weighted by Crippen LogP contribution is 2.23. The van der Waals surface area contributed by atoms with Crippen LogP contribution < -0.4 is 16.4 Å². The second-order valence-corrected chi connectivity index (χ2v) is 7.54. The van der Waals surface area contributed by atoms with E-state index < -0.39 is 6.09 Å². The van der Waals surface area contributed by atoms with Crippen molar-refractivity contribution in [2.75, 3.05) is 10.6 Å². The summed E-state index contributed by atoms with van der Waals surface area (Å²) >= 11 is 0. The normalized spacial score (nSPS) is 10.6. The summed E-state index contributed by atoms with van der Waals surface area (Å²) in [5.74, 6) is -0.0911. The molecule has 0 heterocycles. The van der Waals surface area contributed by atoms with Gasteiger partial charge in [-0.2, -0.15) is 0 Å². The number of benzene rings is 3. The first kappa shape index (κ1) is 22.1. The molecule has 0 saturated heterocycles. The lowest BCUT2D eigenvalue weighted by molar-refractivity contribution is 0.102. The summed E-state index contributed by atoms with van der Waals surface area (Å²) in [5.41, 5.74) is 10.1.